The van der Waals surface area contributed by atoms with Crippen LogP contribution < -0.4 is 15.5 Å². The molecule has 0 bridgehead atoms. The molecule has 43 heavy (non-hydrogen) atoms. The van der Waals surface area contributed by atoms with Crippen molar-refractivity contribution in [2.45, 2.75) is 77.3 Å². The van der Waals surface area contributed by atoms with E-state index in [-0.39, 0.29) is 17.4 Å². The number of nitrogens with zero attached hydrogens (tertiary/aromatic N) is 2. The Balaban J connectivity index is 1.30. The minimum atomic E-state index is -0.527. The molecule has 2 amide bonds. The second-order valence-electron chi connectivity index (χ2n) is 12.6. The van der Waals surface area contributed by atoms with Crippen LogP contribution in [0.1, 0.15) is 84.5 Å². The van der Waals surface area contributed by atoms with Gasteiger partial charge in [-0.15, -0.1) is 0 Å². The number of likely N-dealkylation sites (tertiary alicyclic amines) is 1. The number of hydrogen-bond donors (Lipinski definition) is 2. The van der Waals surface area contributed by atoms with Gasteiger partial charge in [0.2, 0.25) is 5.91 Å². The van der Waals surface area contributed by atoms with Crippen LogP contribution in [0.25, 0.3) is 0 Å². The molecule has 0 radical (unpaired) electrons. The van der Waals surface area contributed by atoms with E-state index in [9.17, 15) is 9.59 Å². The van der Waals surface area contributed by atoms with Gasteiger partial charge in [0.15, 0.2) is 0 Å². The lowest BCUT2D eigenvalue weighted by atomic mass is 9.83. The zero-order valence-electron chi connectivity index (χ0n) is 25.4. The molecule has 1 saturated carbocycles. The summed E-state index contributed by atoms with van der Waals surface area (Å²) in [6.45, 7) is 6.39. The van der Waals surface area contributed by atoms with Crippen LogP contribution in [-0.4, -0.2) is 42.4 Å². The van der Waals surface area contributed by atoms with Gasteiger partial charge in [-0.05, 0) is 99.4 Å². The summed E-state index contributed by atoms with van der Waals surface area (Å²) >= 11 is 0. The van der Waals surface area contributed by atoms with Crippen LogP contribution in [0.3, 0.4) is 0 Å². The van der Waals surface area contributed by atoms with Crippen LogP contribution >= 0.6 is 0 Å². The lowest BCUT2D eigenvalue weighted by Gasteiger charge is -2.41. The highest BCUT2D eigenvalue weighted by molar-refractivity contribution is 5.98. The lowest BCUT2D eigenvalue weighted by Crippen LogP contribution is -2.46. The minimum absolute atomic E-state index is 0.0851. The molecular weight excluding hydrogens is 539 g/mol. The zero-order valence-corrected chi connectivity index (χ0v) is 25.4. The summed E-state index contributed by atoms with van der Waals surface area (Å²) in [5.41, 5.74) is 5.74. The first-order valence-electron chi connectivity index (χ1n) is 16.0. The molecule has 7 heteroatoms. The molecule has 6 nitrogen and oxygen atoms in total. The number of hydrogen-bond acceptors (Lipinski definition) is 4. The van der Waals surface area contributed by atoms with Crippen molar-refractivity contribution in [3.05, 3.63) is 88.7 Å². The van der Waals surface area contributed by atoms with Gasteiger partial charge in [-0.25, -0.2) is 4.39 Å². The van der Waals surface area contributed by atoms with Gasteiger partial charge < -0.3 is 20.4 Å². The summed E-state index contributed by atoms with van der Waals surface area (Å²) < 4.78 is 15.0. The van der Waals surface area contributed by atoms with E-state index in [0.29, 0.717) is 31.0 Å². The third kappa shape index (κ3) is 6.27. The molecule has 3 aromatic carbocycles. The van der Waals surface area contributed by atoms with Crippen molar-refractivity contribution in [3.63, 3.8) is 0 Å². The number of carbonyl (C=O) groups is 2. The monoisotopic (exact) mass is 582 g/mol. The summed E-state index contributed by atoms with van der Waals surface area (Å²) in [6.07, 6.45) is 8.53. The molecule has 3 aromatic rings. The molecule has 226 valence electrons. The average Bonchev–Trinajstić information content (AvgIpc) is 3.73. The number of rotatable bonds is 7. The van der Waals surface area contributed by atoms with E-state index in [2.05, 4.69) is 46.7 Å². The first kappa shape index (κ1) is 29.2. The van der Waals surface area contributed by atoms with E-state index in [1.54, 1.807) is 24.0 Å². The number of benzene rings is 3. The topological polar surface area (TPSA) is 64.7 Å². The fraction of sp³-hybridized carbons (Fsp3) is 0.444. The zero-order chi connectivity index (χ0) is 29.9. The van der Waals surface area contributed by atoms with Gasteiger partial charge in [0.25, 0.3) is 5.91 Å². The van der Waals surface area contributed by atoms with Gasteiger partial charge in [0.1, 0.15) is 5.82 Å². The van der Waals surface area contributed by atoms with Crippen molar-refractivity contribution in [3.8, 4) is 0 Å². The van der Waals surface area contributed by atoms with Gasteiger partial charge in [0.05, 0.1) is 17.5 Å². The van der Waals surface area contributed by atoms with Crippen molar-refractivity contribution >= 4 is 28.9 Å². The second-order valence-corrected chi connectivity index (χ2v) is 12.6. The van der Waals surface area contributed by atoms with Crippen molar-refractivity contribution in [2.75, 3.05) is 35.2 Å². The summed E-state index contributed by atoms with van der Waals surface area (Å²) in [5.74, 6) is -1.48. The first-order chi connectivity index (χ1) is 20.9. The number of nitrogens with one attached hydrogen (secondary N) is 2. The third-order valence-electron chi connectivity index (χ3n) is 9.57. The maximum absolute atomic E-state index is 15.0. The van der Waals surface area contributed by atoms with E-state index in [1.165, 1.54) is 50.2 Å². The van der Waals surface area contributed by atoms with Crippen LogP contribution in [0.2, 0.25) is 0 Å². The molecule has 1 aliphatic carbocycles. The van der Waals surface area contributed by atoms with Crippen LogP contribution in [0.5, 0.6) is 0 Å². The number of aryl methyl sites for hydroxylation is 2. The largest absolute Gasteiger partial charge is 0.382 e. The molecule has 2 aliphatic heterocycles. The van der Waals surface area contributed by atoms with Crippen molar-refractivity contribution in [1.29, 1.82) is 0 Å². The average molecular weight is 583 g/mol. The molecular formula is C36H43FN4O2. The maximum atomic E-state index is 15.0. The highest BCUT2D eigenvalue weighted by Gasteiger charge is 2.40. The highest BCUT2D eigenvalue weighted by Crippen LogP contribution is 2.39. The Morgan fingerprint density at radius 3 is 2.23 bits per heavy atom. The predicted octanol–water partition coefficient (Wildman–Crippen LogP) is 7.63. The van der Waals surface area contributed by atoms with Crippen molar-refractivity contribution < 1.29 is 14.0 Å². The van der Waals surface area contributed by atoms with Gasteiger partial charge in [0, 0.05) is 42.7 Å². The van der Waals surface area contributed by atoms with E-state index < -0.39 is 17.8 Å². The molecule has 3 aliphatic rings. The van der Waals surface area contributed by atoms with Gasteiger partial charge in [-0.3, -0.25) is 9.59 Å². The van der Waals surface area contributed by atoms with Gasteiger partial charge in [-0.2, -0.15) is 0 Å². The number of anilines is 3. The van der Waals surface area contributed by atoms with E-state index in [1.807, 2.05) is 18.2 Å². The standard InChI is InChI=1S/C36H43FN4O2/c1-24-14-17-29(23-32(24)40-20-5-6-21-40)39-35(42)30-12-8-22-41(36(43)33-25(2)9-7-13-31(33)37)34(30)26-15-18-28(19-16-26)38-27-10-3-4-11-27/h7,9,13-19,23,27,30,34,38H,3-6,8,10-12,20-22H2,1-2H3,(H,39,42)/t30-,34+/m1/s1. The first-order valence-corrected chi connectivity index (χ1v) is 16.0. The SMILES string of the molecule is Cc1ccc(NC(=O)[C@@H]2CCCN(C(=O)c3c(C)cccc3F)[C@H]2c2ccc(NC3CCCC3)cc2)cc1N1CCCC1. The van der Waals surface area contributed by atoms with Crippen LogP contribution in [0.4, 0.5) is 21.5 Å². The Labute approximate surface area is 254 Å². The summed E-state index contributed by atoms with van der Waals surface area (Å²) in [6, 6.07) is 19.0. The smallest absolute Gasteiger partial charge is 0.257 e. The van der Waals surface area contributed by atoms with Gasteiger partial charge in [-0.1, -0.05) is 43.2 Å². The quantitative estimate of drug-likeness (QED) is 0.301. The molecule has 2 heterocycles. The van der Waals surface area contributed by atoms with Gasteiger partial charge >= 0.3 is 0 Å². The maximum Gasteiger partial charge on any atom is 0.257 e. The second kappa shape index (κ2) is 12.8. The molecule has 2 atom stereocenters. The summed E-state index contributed by atoms with van der Waals surface area (Å²) in [5, 5.41) is 6.83. The Morgan fingerprint density at radius 1 is 0.791 bits per heavy atom. The minimum Gasteiger partial charge on any atom is -0.382 e. The molecule has 3 fully saturated rings. The fourth-order valence-electron chi connectivity index (χ4n) is 7.26. The highest BCUT2D eigenvalue weighted by atomic mass is 19.1. The molecule has 0 aromatic heterocycles. The molecule has 2 saturated heterocycles. The van der Waals surface area contributed by atoms with Crippen LogP contribution in [0, 0.1) is 25.6 Å². The Hall–Kier alpha value is -3.87. The lowest BCUT2D eigenvalue weighted by molar-refractivity contribution is -0.123. The number of amides is 2. The van der Waals surface area contributed by atoms with E-state index in [4.69, 9.17) is 0 Å². The summed E-state index contributed by atoms with van der Waals surface area (Å²) in [7, 11) is 0. The number of carbonyl (C=O) groups excluding carboxylic acids is 2. The Morgan fingerprint density at radius 2 is 1.51 bits per heavy atom. The van der Waals surface area contributed by atoms with E-state index in [0.717, 1.165) is 35.7 Å². The Kier molecular flexibility index (Phi) is 8.68. The van der Waals surface area contributed by atoms with E-state index >= 15 is 4.39 Å². The molecule has 0 spiro atoms. The number of piperidine rings is 1. The molecule has 2 N–H and O–H groups in total. The summed E-state index contributed by atoms with van der Waals surface area (Å²) in [4.78, 5) is 32.2. The Bertz CT molecular complexity index is 1440. The van der Waals surface area contributed by atoms with Crippen molar-refractivity contribution in [1.82, 2.24) is 4.90 Å². The number of halogens is 1. The van der Waals surface area contributed by atoms with Crippen molar-refractivity contribution in [2.24, 2.45) is 5.92 Å². The van der Waals surface area contributed by atoms with Crippen LogP contribution in [-0.2, 0) is 4.79 Å². The molecule has 0 unspecified atom stereocenters. The molecule has 6 rings (SSSR count). The third-order valence-corrected chi connectivity index (χ3v) is 9.57. The van der Waals surface area contributed by atoms with Crippen LogP contribution in [0.15, 0.2) is 60.7 Å². The fourth-order valence-corrected chi connectivity index (χ4v) is 7.26. The normalized spacial score (nSPS) is 20.8. The predicted molar refractivity (Wildman–Crippen MR) is 171 cm³/mol.